The number of esters is 1. The summed E-state index contributed by atoms with van der Waals surface area (Å²) in [6, 6.07) is 0. The molecular weight excluding hydrogens is 280 g/mol. The molecular formula is C18H34O4. The summed E-state index contributed by atoms with van der Waals surface area (Å²) in [4.78, 5) is 21.6. The number of hydrogen-bond acceptors (Lipinski definition) is 3. The molecule has 22 heavy (non-hydrogen) atoms. The van der Waals surface area contributed by atoms with Crippen LogP contribution in [0.2, 0.25) is 0 Å². The summed E-state index contributed by atoms with van der Waals surface area (Å²) in [5.41, 5.74) is 0. The molecule has 0 spiro atoms. The van der Waals surface area contributed by atoms with Crippen molar-refractivity contribution in [3.05, 3.63) is 0 Å². The van der Waals surface area contributed by atoms with Crippen LogP contribution < -0.4 is 0 Å². The number of carboxylic acid groups (broad SMARTS) is 1. The van der Waals surface area contributed by atoms with Crippen molar-refractivity contribution in [2.24, 2.45) is 0 Å². The number of rotatable bonds is 15. The van der Waals surface area contributed by atoms with E-state index >= 15 is 0 Å². The van der Waals surface area contributed by atoms with E-state index in [0.29, 0.717) is 6.42 Å². The maximum atomic E-state index is 10.9. The van der Waals surface area contributed by atoms with Gasteiger partial charge in [0.25, 0.3) is 0 Å². The van der Waals surface area contributed by atoms with Crippen molar-refractivity contribution < 1.29 is 19.4 Å². The Bertz CT molecular complexity index is 273. The first-order valence-corrected chi connectivity index (χ1v) is 8.95. The van der Waals surface area contributed by atoms with Crippen molar-refractivity contribution in [1.29, 1.82) is 0 Å². The first kappa shape index (κ1) is 20.9. The fourth-order valence-corrected chi connectivity index (χ4v) is 2.67. The van der Waals surface area contributed by atoms with E-state index in [1.54, 1.807) is 0 Å². The van der Waals surface area contributed by atoms with Gasteiger partial charge in [-0.05, 0) is 12.8 Å². The van der Waals surface area contributed by atoms with E-state index in [4.69, 9.17) is 9.84 Å². The lowest BCUT2D eigenvalue weighted by Crippen LogP contribution is -2.20. The third kappa shape index (κ3) is 15.3. The van der Waals surface area contributed by atoms with E-state index in [2.05, 4.69) is 6.92 Å². The Morgan fingerprint density at radius 3 is 1.73 bits per heavy atom. The molecule has 0 saturated heterocycles. The molecule has 0 aromatic carbocycles. The molecule has 0 aromatic heterocycles. The van der Waals surface area contributed by atoms with Crippen LogP contribution in [0.4, 0.5) is 0 Å². The highest BCUT2D eigenvalue weighted by Crippen LogP contribution is 2.14. The van der Waals surface area contributed by atoms with Gasteiger partial charge in [-0.15, -0.1) is 0 Å². The lowest BCUT2D eigenvalue weighted by Gasteiger charge is -2.14. The van der Waals surface area contributed by atoms with Gasteiger partial charge >= 0.3 is 11.9 Å². The molecule has 130 valence electrons. The van der Waals surface area contributed by atoms with Crippen LogP contribution in [-0.2, 0) is 14.3 Å². The summed E-state index contributed by atoms with van der Waals surface area (Å²) in [7, 11) is 0. The fraction of sp³-hybridized carbons (Fsp3) is 0.889. The first-order valence-electron chi connectivity index (χ1n) is 8.95. The Labute approximate surface area is 135 Å². The summed E-state index contributed by atoms with van der Waals surface area (Å²) >= 11 is 0. The highest BCUT2D eigenvalue weighted by molar-refractivity contribution is 5.69. The predicted octanol–water partition coefficient (Wildman–Crippen LogP) is 5.09. The summed E-state index contributed by atoms with van der Waals surface area (Å²) in [5, 5.41) is 8.78. The van der Waals surface area contributed by atoms with Crippen LogP contribution in [0.15, 0.2) is 0 Å². The van der Waals surface area contributed by atoms with E-state index in [1.807, 2.05) is 0 Å². The third-order valence-electron chi connectivity index (χ3n) is 3.86. The summed E-state index contributed by atoms with van der Waals surface area (Å²) in [6.45, 7) is 3.57. The maximum Gasteiger partial charge on any atom is 0.307 e. The Morgan fingerprint density at radius 2 is 1.32 bits per heavy atom. The smallest absolute Gasteiger partial charge is 0.307 e. The minimum Gasteiger partial charge on any atom is -0.481 e. The summed E-state index contributed by atoms with van der Waals surface area (Å²) < 4.78 is 5.03. The molecule has 0 aliphatic rings. The van der Waals surface area contributed by atoms with Gasteiger partial charge < -0.3 is 9.84 Å². The fourth-order valence-electron chi connectivity index (χ4n) is 2.67. The topological polar surface area (TPSA) is 63.6 Å². The molecule has 0 radical (unpaired) electrons. The van der Waals surface area contributed by atoms with E-state index in [0.717, 1.165) is 12.8 Å². The SMILES string of the molecule is CCCCCCCCCCCCC[C@H](CC(=O)O)OC(C)=O. The van der Waals surface area contributed by atoms with E-state index in [9.17, 15) is 9.59 Å². The van der Waals surface area contributed by atoms with Crippen molar-refractivity contribution in [2.45, 2.75) is 103 Å². The van der Waals surface area contributed by atoms with Gasteiger partial charge in [-0.3, -0.25) is 9.59 Å². The molecule has 0 bridgehead atoms. The van der Waals surface area contributed by atoms with Gasteiger partial charge in [0.2, 0.25) is 0 Å². The third-order valence-corrected chi connectivity index (χ3v) is 3.86. The molecule has 1 N–H and O–H groups in total. The average Bonchev–Trinajstić information content (AvgIpc) is 2.43. The van der Waals surface area contributed by atoms with Gasteiger partial charge in [0.05, 0.1) is 6.42 Å². The van der Waals surface area contributed by atoms with Gasteiger partial charge in [-0.1, -0.05) is 71.1 Å². The lowest BCUT2D eigenvalue weighted by molar-refractivity contribution is -0.151. The van der Waals surface area contributed by atoms with Crippen molar-refractivity contribution in [3.8, 4) is 0 Å². The van der Waals surface area contributed by atoms with Crippen LogP contribution in [0.1, 0.15) is 97.3 Å². The van der Waals surface area contributed by atoms with Gasteiger partial charge in [-0.2, -0.15) is 0 Å². The van der Waals surface area contributed by atoms with Crippen molar-refractivity contribution >= 4 is 11.9 Å². The largest absolute Gasteiger partial charge is 0.481 e. The maximum absolute atomic E-state index is 10.9. The molecule has 0 saturated carbocycles. The van der Waals surface area contributed by atoms with Gasteiger partial charge in [-0.25, -0.2) is 0 Å². The molecule has 0 aliphatic carbocycles. The predicted molar refractivity (Wildman–Crippen MR) is 88.9 cm³/mol. The molecule has 0 aliphatic heterocycles. The number of hydrogen-bond donors (Lipinski definition) is 1. The second kappa shape index (κ2) is 14.9. The molecule has 0 rings (SSSR count). The standard InChI is InChI=1S/C18H34O4/c1-3-4-5-6-7-8-9-10-11-12-13-14-17(15-18(20)21)22-16(2)19/h17H,3-15H2,1-2H3,(H,20,21)/t17-/m1/s1. The first-order chi connectivity index (χ1) is 10.6. The van der Waals surface area contributed by atoms with Crippen LogP contribution >= 0.6 is 0 Å². The minimum atomic E-state index is -0.908. The molecule has 0 heterocycles. The molecule has 1 atom stereocenters. The number of carbonyl (C=O) groups excluding carboxylic acids is 1. The average molecular weight is 314 g/mol. The van der Waals surface area contributed by atoms with E-state index in [1.165, 1.54) is 64.7 Å². The second-order valence-corrected chi connectivity index (χ2v) is 6.15. The zero-order chi connectivity index (χ0) is 16.6. The number of unbranched alkanes of at least 4 members (excludes halogenated alkanes) is 10. The highest BCUT2D eigenvalue weighted by atomic mass is 16.5. The molecule has 0 fully saturated rings. The van der Waals surface area contributed by atoms with Gasteiger partial charge in [0.1, 0.15) is 6.10 Å². The Balaban J connectivity index is 3.45. The van der Waals surface area contributed by atoms with E-state index < -0.39 is 18.0 Å². The number of aliphatic carboxylic acids is 1. The van der Waals surface area contributed by atoms with E-state index in [-0.39, 0.29) is 6.42 Å². The zero-order valence-electron chi connectivity index (χ0n) is 14.4. The molecule has 0 unspecified atom stereocenters. The second-order valence-electron chi connectivity index (χ2n) is 6.15. The molecule has 4 heteroatoms. The molecule has 0 aromatic rings. The number of carbonyl (C=O) groups is 2. The highest BCUT2D eigenvalue weighted by Gasteiger charge is 2.15. The zero-order valence-corrected chi connectivity index (χ0v) is 14.4. The Kier molecular flexibility index (Phi) is 14.1. The van der Waals surface area contributed by atoms with Gasteiger partial charge in [0.15, 0.2) is 0 Å². The van der Waals surface area contributed by atoms with Crippen molar-refractivity contribution in [2.75, 3.05) is 0 Å². The molecule has 4 nitrogen and oxygen atoms in total. The number of carboxylic acids is 1. The summed E-state index contributed by atoms with van der Waals surface area (Å²) in [6.07, 6.45) is 14.0. The lowest BCUT2D eigenvalue weighted by atomic mass is 10.0. The van der Waals surface area contributed by atoms with Crippen molar-refractivity contribution in [3.63, 3.8) is 0 Å². The monoisotopic (exact) mass is 314 g/mol. The quantitative estimate of drug-likeness (QED) is 0.337. The van der Waals surface area contributed by atoms with Crippen LogP contribution in [0.5, 0.6) is 0 Å². The normalized spacial score (nSPS) is 12.1. The van der Waals surface area contributed by atoms with Crippen LogP contribution in [-0.4, -0.2) is 23.1 Å². The summed E-state index contributed by atoms with van der Waals surface area (Å²) in [5.74, 6) is -1.30. The van der Waals surface area contributed by atoms with Crippen molar-refractivity contribution in [1.82, 2.24) is 0 Å². The van der Waals surface area contributed by atoms with Crippen LogP contribution in [0, 0.1) is 0 Å². The minimum absolute atomic E-state index is 0.0860. The van der Waals surface area contributed by atoms with Crippen LogP contribution in [0.3, 0.4) is 0 Å². The Hall–Kier alpha value is -1.06. The number of ether oxygens (including phenoxy) is 1. The Morgan fingerprint density at radius 1 is 0.864 bits per heavy atom. The van der Waals surface area contributed by atoms with Crippen LogP contribution in [0.25, 0.3) is 0 Å². The van der Waals surface area contributed by atoms with Gasteiger partial charge in [0, 0.05) is 6.92 Å². The molecule has 0 amide bonds.